The van der Waals surface area contributed by atoms with E-state index in [1.807, 2.05) is 32.0 Å². The van der Waals surface area contributed by atoms with Gasteiger partial charge in [0.05, 0.1) is 12.8 Å². The lowest BCUT2D eigenvalue weighted by molar-refractivity contribution is -0.148. The minimum absolute atomic E-state index is 0.402. The number of furan rings is 1. The zero-order chi connectivity index (χ0) is 21.7. The predicted octanol–water partition coefficient (Wildman–Crippen LogP) is 4.47. The number of ether oxygens (including phenoxy) is 1. The van der Waals surface area contributed by atoms with Gasteiger partial charge in [0.1, 0.15) is 11.6 Å². The highest BCUT2D eigenvalue weighted by molar-refractivity contribution is 5.96. The average Bonchev–Trinajstić information content (AvgIpc) is 3.32. The normalized spacial score (nSPS) is 12.1. The molecule has 1 amide bonds. The molecule has 0 fully saturated rings. The highest BCUT2D eigenvalue weighted by Gasteiger charge is 2.17. The maximum absolute atomic E-state index is 12.9. The number of carbonyl (C=O) groups excluding carboxylic acids is 2. The van der Waals surface area contributed by atoms with Crippen LogP contribution in [0.15, 0.2) is 59.2 Å². The van der Waals surface area contributed by atoms with Gasteiger partial charge in [-0.3, -0.25) is 4.79 Å². The average molecular weight is 410 g/mol. The summed E-state index contributed by atoms with van der Waals surface area (Å²) in [7, 11) is 0. The number of rotatable bonds is 7. The van der Waals surface area contributed by atoms with Crippen LogP contribution in [0, 0.1) is 19.7 Å². The Balaban J connectivity index is 1.58. The number of anilines is 1. The van der Waals surface area contributed by atoms with Crippen LogP contribution in [0.1, 0.15) is 29.6 Å². The highest BCUT2D eigenvalue weighted by Crippen LogP contribution is 2.19. The van der Waals surface area contributed by atoms with E-state index in [2.05, 4.69) is 9.88 Å². The summed E-state index contributed by atoms with van der Waals surface area (Å²) < 4.78 is 25.6. The SMILES string of the molecule is Cc1cc(/C=C/C(=O)O[C@H](C)C(=O)Nc2ccc(F)cc2)c(C)n1Cc1ccco1. The van der Waals surface area contributed by atoms with Crippen molar-refractivity contribution >= 4 is 23.6 Å². The first-order chi connectivity index (χ1) is 14.3. The van der Waals surface area contributed by atoms with Crippen molar-refractivity contribution < 1.29 is 23.1 Å². The van der Waals surface area contributed by atoms with Crippen molar-refractivity contribution in [1.82, 2.24) is 4.57 Å². The van der Waals surface area contributed by atoms with Crippen molar-refractivity contribution in [2.75, 3.05) is 5.32 Å². The zero-order valence-corrected chi connectivity index (χ0v) is 17.0. The predicted molar refractivity (Wildman–Crippen MR) is 111 cm³/mol. The summed E-state index contributed by atoms with van der Waals surface area (Å²) in [6.07, 6.45) is 3.58. The summed E-state index contributed by atoms with van der Waals surface area (Å²) in [6, 6.07) is 11.0. The molecule has 1 atom stereocenters. The molecule has 0 saturated heterocycles. The largest absolute Gasteiger partial charge is 0.467 e. The molecule has 2 aromatic heterocycles. The van der Waals surface area contributed by atoms with Gasteiger partial charge in [-0.2, -0.15) is 0 Å². The molecule has 0 saturated carbocycles. The number of amides is 1. The second-order valence-corrected chi connectivity index (χ2v) is 6.90. The lowest BCUT2D eigenvalue weighted by atomic mass is 10.2. The highest BCUT2D eigenvalue weighted by atomic mass is 19.1. The molecule has 1 N–H and O–H groups in total. The second kappa shape index (κ2) is 9.26. The van der Waals surface area contributed by atoms with Crippen molar-refractivity contribution in [3.63, 3.8) is 0 Å². The molecule has 0 aliphatic rings. The van der Waals surface area contributed by atoms with Crippen molar-refractivity contribution in [3.05, 3.63) is 83.3 Å². The topological polar surface area (TPSA) is 73.5 Å². The van der Waals surface area contributed by atoms with Gasteiger partial charge in [0.15, 0.2) is 6.10 Å². The fraction of sp³-hybridized carbons (Fsp3) is 0.217. The van der Waals surface area contributed by atoms with E-state index in [0.717, 1.165) is 22.7 Å². The van der Waals surface area contributed by atoms with Crippen LogP contribution in [-0.2, 0) is 20.9 Å². The summed E-state index contributed by atoms with van der Waals surface area (Å²) in [5.74, 6) is -0.693. The summed E-state index contributed by atoms with van der Waals surface area (Å²) in [5, 5.41) is 2.57. The van der Waals surface area contributed by atoms with Crippen LogP contribution in [0.25, 0.3) is 6.08 Å². The standard InChI is InChI=1S/C23H23FN2O4/c1-15-13-18(16(2)26(15)14-21-5-4-12-29-21)6-11-22(27)30-17(3)23(28)25-20-9-7-19(24)8-10-20/h4-13,17H,14H2,1-3H3,(H,25,28)/b11-6+/t17-/m1/s1. The molecule has 0 aliphatic heterocycles. The number of nitrogens with one attached hydrogen (secondary N) is 1. The van der Waals surface area contributed by atoms with E-state index >= 15 is 0 Å². The fourth-order valence-corrected chi connectivity index (χ4v) is 3.00. The van der Waals surface area contributed by atoms with Crippen LogP contribution in [0.4, 0.5) is 10.1 Å². The number of hydrogen-bond acceptors (Lipinski definition) is 4. The number of esters is 1. The third-order valence-electron chi connectivity index (χ3n) is 4.68. The van der Waals surface area contributed by atoms with Gasteiger partial charge in [-0.05, 0) is 74.9 Å². The van der Waals surface area contributed by atoms with Gasteiger partial charge in [-0.25, -0.2) is 9.18 Å². The van der Waals surface area contributed by atoms with Crippen LogP contribution in [0.5, 0.6) is 0 Å². The van der Waals surface area contributed by atoms with Gasteiger partial charge >= 0.3 is 5.97 Å². The Morgan fingerprint density at radius 3 is 2.63 bits per heavy atom. The zero-order valence-electron chi connectivity index (χ0n) is 17.0. The number of halogens is 1. The van der Waals surface area contributed by atoms with Crippen LogP contribution in [0.2, 0.25) is 0 Å². The molecule has 156 valence electrons. The van der Waals surface area contributed by atoms with E-state index in [4.69, 9.17) is 9.15 Å². The summed E-state index contributed by atoms with van der Waals surface area (Å²) in [6.45, 7) is 6.01. The molecule has 6 nitrogen and oxygen atoms in total. The Hall–Kier alpha value is -3.61. The number of nitrogens with zero attached hydrogens (tertiary/aromatic N) is 1. The molecule has 0 bridgehead atoms. The number of benzene rings is 1. The van der Waals surface area contributed by atoms with Crippen molar-refractivity contribution in [3.8, 4) is 0 Å². The third-order valence-corrected chi connectivity index (χ3v) is 4.68. The van der Waals surface area contributed by atoms with Gasteiger partial charge in [-0.15, -0.1) is 0 Å². The van der Waals surface area contributed by atoms with Crippen LogP contribution in [-0.4, -0.2) is 22.5 Å². The molecule has 7 heteroatoms. The Morgan fingerprint density at radius 2 is 1.97 bits per heavy atom. The van der Waals surface area contributed by atoms with Gasteiger partial charge in [0.25, 0.3) is 5.91 Å². The molecule has 0 radical (unpaired) electrons. The Morgan fingerprint density at radius 1 is 1.23 bits per heavy atom. The maximum atomic E-state index is 12.9. The number of aryl methyl sites for hydroxylation is 1. The first-order valence-corrected chi connectivity index (χ1v) is 9.47. The van der Waals surface area contributed by atoms with E-state index < -0.39 is 23.8 Å². The number of carbonyl (C=O) groups is 2. The molecule has 0 unspecified atom stereocenters. The van der Waals surface area contributed by atoms with Crippen molar-refractivity contribution in [2.45, 2.75) is 33.4 Å². The fourth-order valence-electron chi connectivity index (χ4n) is 3.00. The first kappa shape index (κ1) is 21.1. The summed E-state index contributed by atoms with van der Waals surface area (Å²) in [5.41, 5.74) is 3.31. The Kier molecular flexibility index (Phi) is 6.51. The lowest BCUT2D eigenvalue weighted by Gasteiger charge is -2.12. The van der Waals surface area contributed by atoms with Crippen LogP contribution >= 0.6 is 0 Å². The molecule has 0 spiro atoms. The molecule has 0 aliphatic carbocycles. The molecular weight excluding hydrogens is 387 g/mol. The minimum Gasteiger partial charge on any atom is -0.467 e. The molecular formula is C23H23FN2O4. The molecule has 30 heavy (non-hydrogen) atoms. The second-order valence-electron chi connectivity index (χ2n) is 6.90. The van der Waals surface area contributed by atoms with Gasteiger partial charge in [0, 0.05) is 23.2 Å². The summed E-state index contributed by atoms with van der Waals surface area (Å²) >= 11 is 0. The Bertz CT molecular complexity index is 1050. The van der Waals surface area contributed by atoms with E-state index in [0.29, 0.717) is 12.2 Å². The van der Waals surface area contributed by atoms with Crippen LogP contribution in [0.3, 0.4) is 0 Å². The number of hydrogen-bond donors (Lipinski definition) is 1. The van der Waals surface area contributed by atoms with E-state index in [1.54, 1.807) is 12.3 Å². The minimum atomic E-state index is -1.00. The summed E-state index contributed by atoms with van der Waals surface area (Å²) in [4.78, 5) is 24.3. The van der Waals surface area contributed by atoms with Crippen molar-refractivity contribution in [1.29, 1.82) is 0 Å². The van der Waals surface area contributed by atoms with Crippen molar-refractivity contribution in [2.24, 2.45) is 0 Å². The molecule has 3 rings (SSSR count). The monoisotopic (exact) mass is 410 g/mol. The van der Waals surface area contributed by atoms with Gasteiger partial charge < -0.3 is 19.0 Å². The molecule has 3 aromatic rings. The van der Waals surface area contributed by atoms with Gasteiger partial charge in [-0.1, -0.05) is 0 Å². The molecule has 2 heterocycles. The van der Waals surface area contributed by atoms with E-state index in [-0.39, 0.29) is 0 Å². The molecule has 1 aromatic carbocycles. The van der Waals surface area contributed by atoms with E-state index in [1.165, 1.54) is 37.3 Å². The quantitative estimate of drug-likeness (QED) is 0.461. The van der Waals surface area contributed by atoms with Gasteiger partial charge in [0.2, 0.25) is 0 Å². The Labute approximate surface area is 174 Å². The van der Waals surface area contributed by atoms with E-state index in [9.17, 15) is 14.0 Å². The number of aromatic nitrogens is 1. The smallest absolute Gasteiger partial charge is 0.331 e. The first-order valence-electron chi connectivity index (χ1n) is 9.47. The third kappa shape index (κ3) is 5.26. The maximum Gasteiger partial charge on any atom is 0.331 e. The lowest BCUT2D eigenvalue weighted by Crippen LogP contribution is -2.29. The van der Waals surface area contributed by atoms with Crippen LogP contribution < -0.4 is 5.32 Å².